The maximum atomic E-state index is 13.3. The number of nitrogens with one attached hydrogen (secondary N) is 1. The normalized spacial score (nSPS) is 20.7. The second-order valence-corrected chi connectivity index (χ2v) is 3.61. The molecule has 1 unspecified atom stereocenters. The molecule has 1 heterocycles. The van der Waals surface area contributed by atoms with Crippen LogP contribution in [0.3, 0.4) is 0 Å². The van der Waals surface area contributed by atoms with Crippen LogP contribution in [0.25, 0.3) is 0 Å². The smallest absolute Gasteiger partial charge is 0.194 e. The molecule has 1 nitrogen and oxygen atoms in total. The molecular formula is C10H10F3N. The molecule has 76 valence electrons. The molecule has 0 aromatic heterocycles. The van der Waals surface area contributed by atoms with Crippen molar-refractivity contribution in [3.8, 4) is 0 Å². The first kappa shape index (κ1) is 9.52. The average molecular weight is 201 g/mol. The summed E-state index contributed by atoms with van der Waals surface area (Å²) < 4.78 is 39.0. The van der Waals surface area contributed by atoms with Crippen LogP contribution >= 0.6 is 0 Å². The number of hydrogen-bond acceptors (Lipinski definition) is 1. The maximum Gasteiger partial charge on any atom is 0.194 e. The Morgan fingerprint density at radius 3 is 2.71 bits per heavy atom. The Bertz CT molecular complexity index is 376. The summed E-state index contributed by atoms with van der Waals surface area (Å²) in [4.78, 5) is 0. The predicted octanol–water partition coefficient (Wildman–Crippen LogP) is 2.14. The molecule has 0 saturated carbocycles. The van der Waals surface area contributed by atoms with Gasteiger partial charge in [0.05, 0.1) is 0 Å². The molecule has 4 heteroatoms. The Balaban J connectivity index is 2.55. The minimum atomic E-state index is -1.36. The molecule has 14 heavy (non-hydrogen) atoms. The molecule has 1 aliphatic rings. The molecule has 0 amide bonds. The van der Waals surface area contributed by atoms with Gasteiger partial charge >= 0.3 is 0 Å². The first-order chi connectivity index (χ1) is 6.59. The van der Waals surface area contributed by atoms with Gasteiger partial charge in [0, 0.05) is 12.6 Å². The van der Waals surface area contributed by atoms with Crippen LogP contribution in [0.1, 0.15) is 18.1 Å². The van der Waals surface area contributed by atoms with Gasteiger partial charge in [0.2, 0.25) is 0 Å². The topological polar surface area (TPSA) is 12.0 Å². The Morgan fingerprint density at radius 2 is 2.00 bits per heavy atom. The summed E-state index contributed by atoms with van der Waals surface area (Å²) in [5, 5.41) is 3.06. The molecule has 1 atom stereocenters. The highest BCUT2D eigenvalue weighted by Gasteiger charge is 2.23. The van der Waals surface area contributed by atoms with E-state index in [0.29, 0.717) is 24.1 Å². The molecule has 0 saturated heterocycles. The maximum absolute atomic E-state index is 13.3. The van der Waals surface area contributed by atoms with Crippen LogP contribution in [-0.2, 0) is 13.0 Å². The van der Waals surface area contributed by atoms with Gasteiger partial charge in [-0.05, 0) is 30.5 Å². The van der Waals surface area contributed by atoms with Crippen molar-refractivity contribution in [3.05, 3.63) is 34.6 Å². The summed E-state index contributed by atoms with van der Waals surface area (Å²) >= 11 is 0. The van der Waals surface area contributed by atoms with Gasteiger partial charge in [-0.1, -0.05) is 0 Å². The van der Waals surface area contributed by atoms with Crippen LogP contribution in [0.5, 0.6) is 0 Å². The predicted molar refractivity (Wildman–Crippen MR) is 46.3 cm³/mol. The van der Waals surface area contributed by atoms with Gasteiger partial charge in [0.1, 0.15) is 0 Å². The Labute approximate surface area is 79.9 Å². The molecule has 0 spiro atoms. The van der Waals surface area contributed by atoms with Crippen molar-refractivity contribution < 1.29 is 13.2 Å². The van der Waals surface area contributed by atoms with Crippen LogP contribution in [0.15, 0.2) is 6.07 Å². The molecular weight excluding hydrogens is 191 g/mol. The molecule has 0 fully saturated rings. The van der Waals surface area contributed by atoms with E-state index in [1.807, 2.05) is 6.92 Å². The molecule has 0 bridgehead atoms. The van der Waals surface area contributed by atoms with Gasteiger partial charge in [0.25, 0.3) is 0 Å². The lowest BCUT2D eigenvalue weighted by Crippen LogP contribution is -2.33. The van der Waals surface area contributed by atoms with Crippen LogP contribution in [0.2, 0.25) is 0 Å². The lowest BCUT2D eigenvalue weighted by Gasteiger charge is -2.23. The molecule has 1 N–H and O–H groups in total. The highest BCUT2D eigenvalue weighted by Crippen LogP contribution is 2.24. The Morgan fingerprint density at radius 1 is 1.29 bits per heavy atom. The van der Waals surface area contributed by atoms with Gasteiger partial charge in [0.15, 0.2) is 17.5 Å². The Hall–Kier alpha value is -1.03. The number of fused-ring (bicyclic) bond motifs is 1. The average Bonchev–Trinajstić information content (AvgIpc) is 2.16. The van der Waals surface area contributed by atoms with E-state index in [9.17, 15) is 13.2 Å². The summed E-state index contributed by atoms with van der Waals surface area (Å²) in [5.74, 6) is -3.51. The largest absolute Gasteiger partial charge is 0.310 e. The first-order valence-electron chi connectivity index (χ1n) is 4.48. The standard InChI is InChI=1S/C10H10F3N/c1-5-2-7-6(4-14-5)3-8(11)10(13)9(7)12/h3,5,14H,2,4H2,1H3. The summed E-state index contributed by atoms with van der Waals surface area (Å²) in [5.41, 5.74) is 0.814. The molecule has 2 rings (SSSR count). The lowest BCUT2D eigenvalue weighted by atomic mass is 9.96. The third-order valence-corrected chi connectivity index (χ3v) is 2.51. The van der Waals surface area contributed by atoms with E-state index in [-0.39, 0.29) is 6.04 Å². The summed E-state index contributed by atoms with van der Waals surface area (Å²) in [6.07, 6.45) is 0.401. The van der Waals surface area contributed by atoms with Gasteiger partial charge < -0.3 is 5.32 Å². The quantitative estimate of drug-likeness (QED) is 0.634. The SMILES string of the molecule is CC1Cc2c(cc(F)c(F)c2F)CN1. The second-order valence-electron chi connectivity index (χ2n) is 3.61. The van der Waals surface area contributed by atoms with Crippen LogP contribution < -0.4 is 5.32 Å². The van der Waals surface area contributed by atoms with Crippen molar-refractivity contribution in [1.29, 1.82) is 0 Å². The monoisotopic (exact) mass is 201 g/mol. The van der Waals surface area contributed by atoms with Crippen molar-refractivity contribution in [2.75, 3.05) is 0 Å². The van der Waals surface area contributed by atoms with Crippen molar-refractivity contribution in [3.63, 3.8) is 0 Å². The zero-order valence-corrected chi connectivity index (χ0v) is 7.70. The van der Waals surface area contributed by atoms with Crippen LogP contribution in [0, 0.1) is 17.5 Å². The molecule has 1 aliphatic heterocycles. The molecule has 0 radical (unpaired) electrons. The highest BCUT2D eigenvalue weighted by atomic mass is 19.2. The Kier molecular flexibility index (Phi) is 2.23. The summed E-state index contributed by atoms with van der Waals surface area (Å²) in [6.45, 7) is 2.27. The van der Waals surface area contributed by atoms with Gasteiger partial charge in [-0.25, -0.2) is 13.2 Å². The number of rotatable bonds is 0. The van der Waals surface area contributed by atoms with E-state index in [0.717, 1.165) is 6.07 Å². The van der Waals surface area contributed by atoms with Crippen molar-refractivity contribution in [1.82, 2.24) is 5.32 Å². The van der Waals surface area contributed by atoms with E-state index in [1.54, 1.807) is 0 Å². The number of benzene rings is 1. The minimum Gasteiger partial charge on any atom is -0.310 e. The van der Waals surface area contributed by atoms with Crippen LogP contribution in [-0.4, -0.2) is 6.04 Å². The van der Waals surface area contributed by atoms with E-state index < -0.39 is 17.5 Å². The third-order valence-electron chi connectivity index (χ3n) is 2.51. The van der Waals surface area contributed by atoms with Gasteiger partial charge in [-0.2, -0.15) is 0 Å². The number of halogens is 3. The van der Waals surface area contributed by atoms with Crippen molar-refractivity contribution in [2.45, 2.75) is 25.9 Å². The first-order valence-corrected chi connectivity index (χ1v) is 4.48. The molecule has 0 aliphatic carbocycles. The highest BCUT2D eigenvalue weighted by molar-refractivity contribution is 5.33. The van der Waals surface area contributed by atoms with E-state index >= 15 is 0 Å². The van der Waals surface area contributed by atoms with Crippen molar-refractivity contribution >= 4 is 0 Å². The van der Waals surface area contributed by atoms with E-state index in [2.05, 4.69) is 5.32 Å². The minimum absolute atomic E-state index is 0.0989. The van der Waals surface area contributed by atoms with Crippen molar-refractivity contribution in [2.24, 2.45) is 0 Å². The molecule has 1 aromatic carbocycles. The number of hydrogen-bond donors (Lipinski definition) is 1. The summed E-state index contributed by atoms with van der Waals surface area (Å²) in [7, 11) is 0. The molecule has 1 aromatic rings. The lowest BCUT2D eigenvalue weighted by molar-refractivity contribution is 0.419. The third kappa shape index (κ3) is 1.39. The van der Waals surface area contributed by atoms with E-state index in [4.69, 9.17) is 0 Å². The fraction of sp³-hybridized carbons (Fsp3) is 0.400. The van der Waals surface area contributed by atoms with E-state index in [1.165, 1.54) is 0 Å². The summed E-state index contributed by atoms with van der Waals surface area (Å²) in [6, 6.07) is 1.16. The van der Waals surface area contributed by atoms with Crippen LogP contribution in [0.4, 0.5) is 13.2 Å². The second kappa shape index (κ2) is 3.28. The zero-order chi connectivity index (χ0) is 10.3. The fourth-order valence-corrected chi connectivity index (χ4v) is 1.72. The van der Waals surface area contributed by atoms with Gasteiger partial charge in [-0.15, -0.1) is 0 Å². The van der Waals surface area contributed by atoms with Gasteiger partial charge in [-0.3, -0.25) is 0 Å². The zero-order valence-electron chi connectivity index (χ0n) is 7.70. The fourth-order valence-electron chi connectivity index (χ4n) is 1.72.